The van der Waals surface area contributed by atoms with Gasteiger partial charge >= 0.3 is 0 Å². The quantitative estimate of drug-likeness (QED) is 0.119. The molecule has 2 saturated heterocycles. The Bertz CT molecular complexity index is 1700. The SMILES string of the molecule is c1cc2cc(c1)NCCCNCCCNc1cccc(c1)CN1CCNCCN(CCNCC1)Cc1cccc(c1)NCCCNCCCNc1cccc(c1)CN1CCNCCN(CCNCC1)C2. The Labute approximate surface area is 422 Å². The predicted molar refractivity (Wildman–Crippen MR) is 297 cm³/mol. The molecule has 0 aromatic heterocycles. The lowest BCUT2D eigenvalue weighted by molar-refractivity contribution is 0.233. The molecule has 12 bridgehead atoms. The van der Waals surface area contributed by atoms with Gasteiger partial charge in [0, 0.05) is 180 Å². The fourth-order valence-corrected chi connectivity index (χ4v) is 9.66. The second-order valence-corrected chi connectivity index (χ2v) is 19.5. The Morgan fingerprint density at radius 1 is 0.243 bits per heavy atom. The fourth-order valence-electron chi connectivity index (χ4n) is 9.66. The standard InChI is InChI=1S/C56H90N14/c1-9-49-41-53(13-1)63-21-5-17-57-18-6-22-64-54-14-3-11-51(43-54)47-69-37-29-61-31-39-70(40-32-62-30-38-69)48-52-12-4-16-56(44-52)66-24-8-20-58-19-7-23-65-55-15-2-10-50(42-55)46-68-35-27-59-25-33-67(45-49)34-26-60-28-36-68/h1-4,9-16,41-44,57-66H,5-8,17-40,45-48H2. The first-order chi connectivity index (χ1) is 34.7. The second kappa shape index (κ2) is 32.6. The highest BCUT2D eigenvalue weighted by molar-refractivity contribution is 5.48. The minimum absolute atomic E-state index is 0.964. The summed E-state index contributed by atoms with van der Waals surface area (Å²) in [5.74, 6) is 0. The Balaban J connectivity index is 0.890. The van der Waals surface area contributed by atoms with Crippen LogP contribution in [0, 0.1) is 0 Å². The molecule has 14 nitrogen and oxygen atoms in total. The number of rotatable bonds is 0. The molecule has 0 radical (unpaired) electrons. The zero-order chi connectivity index (χ0) is 47.9. The molecule has 384 valence electrons. The molecule has 0 aliphatic carbocycles. The van der Waals surface area contributed by atoms with Gasteiger partial charge in [-0.2, -0.15) is 0 Å². The van der Waals surface area contributed by atoms with Crippen LogP contribution in [0.4, 0.5) is 22.7 Å². The minimum Gasteiger partial charge on any atom is -0.385 e. The number of nitrogens with zero attached hydrogens (tertiary/aromatic N) is 4. The lowest BCUT2D eigenvalue weighted by Gasteiger charge is -2.27. The summed E-state index contributed by atoms with van der Waals surface area (Å²) in [6.07, 6.45) is 4.37. The number of nitrogens with one attached hydrogen (secondary N) is 10. The molecule has 6 aliphatic heterocycles. The van der Waals surface area contributed by atoms with Gasteiger partial charge in [0.15, 0.2) is 0 Å². The Morgan fingerprint density at radius 2 is 0.457 bits per heavy atom. The van der Waals surface area contributed by atoms with Gasteiger partial charge in [0.2, 0.25) is 0 Å². The number of anilines is 4. The molecule has 0 unspecified atom stereocenters. The van der Waals surface area contributed by atoms with E-state index in [1.165, 1.54) is 45.0 Å². The maximum absolute atomic E-state index is 3.76. The molecule has 0 saturated carbocycles. The molecule has 10 rings (SSSR count). The van der Waals surface area contributed by atoms with Gasteiger partial charge in [-0.25, -0.2) is 0 Å². The van der Waals surface area contributed by atoms with E-state index >= 15 is 0 Å². The first kappa shape index (κ1) is 53.5. The summed E-state index contributed by atoms with van der Waals surface area (Å²) in [5.41, 5.74) is 10.3. The van der Waals surface area contributed by atoms with Gasteiger partial charge in [-0.1, -0.05) is 48.5 Å². The van der Waals surface area contributed by atoms with Crippen molar-refractivity contribution in [1.82, 2.24) is 51.5 Å². The Hall–Kier alpha value is -4.32. The van der Waals surface area contributed by atoms with Crippen LogP contribution in [-0.4, -0.2) is 177 Å². The summed E-state index contributed by atoms with van der Waals surface area (Å²) in [4.78, 5) is 10.4. The molecule has 14 heteroatoms. The third-order valence-corrected chi connectivity index (χ3v) is 13.6. The van der Waals surface area contributed by atoms with Gasteiger partial charge in [0.05, 0.1) is 0 Å². The number of hydrogen-bond donors (Lipinski definition) is 10. The maximum Gasteiger partial charge on any atom is 0.0343 e. The van der Waals surface area contributed by atoms with E-state index in [0.29, 0.717) is 0 Å². The molecular weight excluding hydrogens is 869 g/mol. The maximum atomic E-state index is 3.76. The third-order valence-electron chi connectivity index (χ3n) is 13.6. The van der Waals surface area contributed by atoms with Gasteiger partial charge in [-0.15, -0.1) is 0 Å². The van der Waals surface area contributed by atoms with Gasteiger partial charge in [0.1, 0.15) is 0 Å². The van der Waals surface area contributed by atoms with Crippen molar-refractivity contribution in [3.63, 3.8) is 0 Å². The molecule has 0 atom stereocenters. The van der Waals surface area contributed by atoms with Crippen LogP contribution in [0.25, 0.3) is 0 Å². The summed E-state index contributed by atoms with van der Waals surface area (Å²) in [6.45, 7) is 28.0. The molecule has 10 N–H and O–H groups in total. The van der Waals surface area contributed by atoms with Crippen molar-refractivity contribution in [2.75, 3.05) is 178 Å². The molecule has 6 aliphatic rings. The highest BCUT2D eigenvalue weighted by atomic mass is 15.2. The van der Waals surface area contributed by atoms with Crippen LogP contribution in [0.5, 0.6) is 0 Å². The average molecular weight is 959 g/mol. The van der Waals surface area contributed by atoms with Gasteiger partial charge < -0.3 is 53.2 Å². The zero-order valence-electron chi connectivity index (χ0n) is 42.7. The van der Waals surface area contributed by atoms with Gasteiger partial charge in [-0.05, 0) is 123 Å². The number of benzene rings is 4. The first-order valence-electron chi connectivity index (χ1n) is 27.2. The van der Waals surface area contributed by atoms with Crippen molar-refractivity contribution in [1.29, 1.82) is 0 Å². The molecule has 4 aromatic carbocycles. The normalized spacial score (nSPS) is 24.0. The van der Waals surface area contributed by atoms with Crippen LogP contribution >= 0.6 is 0 Å². The largest absolute Gasteiger partial charge is 0.385 e. The van der Waals surface area contributed by atoms with Crippen LogP contribution < -0.4 is 53.2 Å². The van der Waals surface area contributed by atoms with Crippen molar-refractivity contribution in [2.45, 2.75) is 51.9 Å². The monoisotopic (exact) mass is 959 g/mol. The van der Waals surface area contributed by atoms with E-state index in [1.807, 2.05) is 0 Å². The second-order valence-electron chi connectivity index (χ2n) is 19.5. The van der Waals surface area contributed by atoms with Gasteiger partial charge in [-0.3, -0.25) is 19.6 Å². The molecular formula is C56H90N14. The average Bonchev–Trinajstić information content (AvgIpc) is 3.36. The smallest absolute Gasteiger partial charge is 0.0343 e. The van der Waals surface area contributed by atoms with Crippen LogP contribution in [0.1, 0.15) is 47.9 Å². The molecule has 2 fully saturated rings. The van der Waals surface area contributed by atoms with E-state index in [-0.39, 0.29) is 0 Å². The van der Waals surface area contributed by atoms with E-state index < -0.39 is 0 Å². The predicted octanol–water partition coefficient (Wildman–Crippen LogP) is 4.78. The Morgan fingerprint density at radius 3 is 0.686 bits per heavy atom. The van der Waals surface area contributed by atoms with Crippen LogP contribution in [0.15, 0.2) is 97.1 Å². The fraction of sp³-hybridized carbons (Fsp3) is 0.571. The summed E-state index contributed by atoms with van der Waals surface area (Å²) in [7, 11) is 0. The van der Waals surface area contributed by atoms with Crippen molar-refractivity contribution in [3.05, 3.63) is 119 Å². The van der Waals surface area contributed by atoms with E-state index in [0.717, 1.165) is 209 Å². The number of hydrogen-bond acceptors (Lipinski definition) is 14. The summed E-state index contributed by atoms with van der Waals surface area (Å²) >= 11 is 0. The van der Waals surface area contributed by atoms with Crippen molar-refractivity contribution < 1.29 is 0 Å². The molecule has 0 spiro atoms. The van der Waals surface area contributed by atoms with E-state index in [9.17, 15) is 0 Å². The van der Waals surface area contributed by atoms with E-state index in [2.05, 4.69) is 170 Å². The van der Waals surface area contributed by atoms with Crippen molar-refractivity contribution in [3.8, 4) is 0 Å². The van der Waals surface area contributed by atoms with E-state index in [4.69, 9.17) is 0 Å². The minimum atomic E-state index is 0.964. The first-order valence-corrected chi connectivity index (χ1v) is 27.2. The molecule has 0 amide bonds. The Kier molecular flexibility index (Phi) is 24.9. The lowest BCUT2D eigenvalue weighted by Crippen LogP contribution is -2.42. The van der Waals surface area contributed by atoms with Crippen LogP contribution in [0.3, 0.4) is 0 Å². The molecule has 4 aromatic rings. The van der Waals surface area contributed by atoms with Crippen LogP contribution in [-0.2, 0) is 26.2 Å². The summed E-state index contributed by atoms with van der Waals surface area (Å²) < 4.78 is 0. The highest BCUT2D eigenvalue weighted by Crippen LogP contribution is 2.17. The van der Waals surface area contributed by atoms with Crippen molar-refractivity contribution in [2.24, 2.45) is 0 Å². The zero-order valence-corrected chi connectivity index (χ0v) is 42.7. The van der Waals surface area contributed by atoms with Crippen LogP contribution in [0.2, 0.25) is 0 Å². The van der Waals surface area contributed by atoms with E-state index in [1.54, 1.807) is 0 Å². The van der Waals surface area contributed by atoms with Gasteiger partial charge in [0.25, 0.3) is 0 Å². The summed E-state index contributed by atoms with van der Waals surface area (Å²) in [5, 5.41) is 37.1. The summed E-state index contributed by atoms with van der Waals surface area (Å²) in [6, 6.07) is 36.1. The molecule has 70 heavy (non-hydrogen) atoms. The highest BCUT2D eigenvalue weighted by Gasteiger charge is 2.13. The lowest BCUT2D eigenvalue weighted by atomic mass is 10.1. The molecule has 6 heterocycles. The van der Waals surface area contributed by atoms with Crippen molar-refractivity contribution >= 4 is 22.7 Å². The topological polar surface area (TPSA) is 133 Å². The third kappa shape index (κ3) is 21.6.